The lowest BCUT2D eigenvalue weighted by molar-refractivity contribution is 0.0538. The summed E-state index contributed by atoms with van der Waals surface area (Å²) in [4.78, 5) is 20.6. The second-order valence-corrected chi connectivity index (χ2v) is 8.71. The Bertz CT molecular complexity index is 1340. The van der Waals surface area contributed by atoms with Gasteiger partial charge in [-0.3, -0.25) is 4.79 Å². The van der Waals surface area contributed by atoms with Crippen LogP contribution in [0, 0.1) is 17.6 Å². The van der Waals surface area contributed by atoms with E-state index in [1.165, 1.54) is 18.5 Å². The summed E-state index contributed by atoms with van der Waals surface area (Å²) < 4.78 is 34.5. The molecule has 0 unspecified atom stereocenters. The zero-order chi connectivity index (χ0) is 23.8. The van der Waals surface area contributed by atoms with E-state index in [9.17, 15) is 13.6 Å². The molecule has 1 N–H and O–H groups in total. The molecular weight excluding hydrogens is 466 g/mol. The van der Waals surface area contributed by atoms with Gasteiger partial charge in [-0.25, -0.2) is 8.78 Å². The van der Waals surface area contributed by atoms with Gasteiger partial charge in [0.2, 0.25) is 0 Å². The van der Waals surface area contributed by atoms with E-state index in [1.54, 1.807) is 23.1 Å². The summed E-state index contributed by atoms with van der Waals surface area (Å²) in [6.07, 6.45) is 4.39. The molecule has 0 spiro atoms. The summed E-state index contributed by atoms with van der Waals surface area (Å²) in [6, 6.07) is 7.47. The van der Waals surface area contributed by atoms with E-state index >= 15 is 0 Å². The van der Waals surface area contributed by atoms with Crippen LogP contribution in [0.4, 0.5) is 14.8 Å². The Labute approximate surface area is 198 Å². The summed E-state index contributed by atoms with van der Waals surface area (Å²) in [6.45, 7) is 2.90. The Morgan fingerprint density at radius 1 is 1.24 bits per heavy atom. The van der Waals surface area contributed by atoms with Gasteiger partial charge in [-0.05, 0) is 49.1 Å². The third-order valence-corrected chi connectivity index (χ3v) is 6.34. The van der Waals surface area contributed by atoms with Crippen LogP contribution in [0.1, 0.15) is 30.1 Å². The van der Waals surface area contributed by atoms with Crippen LogP contribution in [0.3, 0.4) is 0 Å². The molecule has 0 saturated carbocycles. The van der Waals surface area contributed by atoms with Crippen molar-refractivity contribution in [3.05, 3.63) is 64.9 Å². The van der Waals surface area contributed by atoms with Crippen LogP contribution in [0.15, 0.2) is 47.1 Å². The van der Waals surface area contributed by atoms with E-state index in [0.717, 1.165) is 23.7 Å². The number of rotatable bonds is 5. The third-order valence-electron chi connectivity index (χ3n) is 6.11. The number of oxazole rings is 1. The number of piperidine rings is 1. The molecule has 0 bridgehead atoms. The largest absolute Gasteiger partial charge is 0.424 e. The predicted molar refractivity (Wildman–Crippen MR) is 122 cm³/mol. The normalized spacial score (nSPS) is 18.4. The Balaban J connectivity index is 1.43. The van der Waals surface area contributed by atoms with Gasteiger partial charge in [0, 0.05) is 18.1 Å². The fourth-order valence-corrected chi connectivity index (χ4v) is 4.54. The van der Waals surface area contributed by atoms with Crippen molar-refractivity contribution in [2.45, 2.75) is 25.8 Å². The average Bonchev–Trinajstić information content (AvgIpc) is 3.49. The van der Waals surface area contributed by atoms with E-state index < -0.39 is 17.5 Å². The number of hydrogen-bond acceptors (Lipinski definition) is 6. The molecule has 4 aromatic rings. The summed E-state index contributed by atoms with van der Waals surface area (Å²) in [5.74, 6) is -2.52. The smallest absolute Gasteiger partial charge is 0.295 e. The van der Waals surface area contributed by atoms with Crippen molar-refractivity contribution in [2.24, 2.45) is 5.92 Å². The van der Waals surface area contributed by atoms with Crippen molar-refractivity contribution >= 4 is 34.6 Å². The van der Waals surface area contributed by atoms with Gasteiger partial charge in [0.05, 0.1) is 24.0 Å². The van der Waals surface area contributed by atoms with E-state index in [2.05, 4.69) is 27.4 Å². The molecular formula is C23H21ClF2N6O2. The van der Waals surface area contributed by atoms with Gasteiger partial charge in [0.25, 0.3) is 11.9 Å². The fraction of sp³-hybridized carbons (Fsp3) is 0.304. The molecule has 2 aromatic carbocycles. The van der Waals surface area contributed by atoms with Gasteiger partial charge in [0.15, 0.2) is 17.2 Å². The van der Waals surface area contributed by atoms with Crippen molar-refractivity contribution in [1.29, 1.82) is 0 Å². The Kier molecular flexibility index (Phi) is 5.91. The molecule has 1 saturated heterocycles. The maximum atomic E-state index is 14.7. The topological polar surface area (TPSA) is 89.1 Å². The molecule has 8 nitrogen and oxygen atoms in total. The Morgan fingerprint density at radius 2 is 2.03 bits per heavy atom. The standard InChI is InChI=1S/C23H21ClF2N6O2/c1-13-3-2-10-31(18(13)12-27-23-30-17-11-14(24)4-7-19(17)34-23)22(33)15-5-6-16(25)20(26)21(15)32-28-8-9-29-32/h4-9,11,13,18H,2-3,10,12H2,1H3,(H,27,30)/t13-,18-/m1/s1. The van der Waals surface area contributed by atoms with Gasteiger partial charge in [-0.1, -0.05) is 18.5 Å². The third kappa shape index (κ3) is 4.09. The lowest BCUT2D eigenvalue weighted by Gasteiger charge is -2.40. The highest BCUT2D eigenvalue weighted by Gasteiger charge is 2.35. The van der Waals surface area contributed by atoms with Crippen molar-refractivity contribution in [3.8, 4) is 5.69 Å². The van der Waals surface area contributed by atoms with Crippen LogP contribution in [0.25, 0.3) is 16.8 Å². The van der Waals surface area contributed by atoms with Crippen molar-refractivity contribution in [3.63, 3.8) is 0 Å². The van der Waals surface area contributed by atoms with Crippen LogP contribution in [0.5, 0.6) is 0 Å². The average molecular weight is 487 g/mol. The molecule has 34 heavy (non-hydrogen) atoms. The second-order valence-electron chi connectivity index (χ2n) is 8.27. The van der Waals surface area contributed by atoms with Crippen LogP contribution in [-0.2, 0) is 0 Å². The number of aromatic nitrogens is 4. The first-order valence-electron chi connectivity index (χ1n) is 10.9. The van der Waals surface area contributed by atoms with Crippen molar-refractivity contribution in [1.82, 2.24) is 24.9 Å². The summed E-state index contributed by atoms with van der Waals surface area (Å²) in [5, 5.41) is 11.5. The minimum atomic E-state index is -1.17. The van der Waals surface area contributed by atoms with Gasteiger partial charge in [-0.15, -0.1) is 4.80 Å². The monoisotopic (exact) mass is 486 g/mol. The number of benzene rings is 2. The van der Waals surface area contributed by atoms with E-state index in [4.69, 9.17) is 16.0 Å². The van der Waals surface area contributed by atoms with Gasteiger partial charge in [-0.2, -0.15) is 15.2 Å². The molecule has 3 heterocycles. The van der Waals surface area contributed by atoms with E-state index in [-0.39, 0.29) is 23.2 Å². The zero-order valence-corrected chi connectivity index (χ0v) is 19.0. The first-order valence-corrected chi connectivity index (χ1v) is 11.3. The van der Waals surface area contributed by atoms with Gasteiger partial charge in [0.1, 0.15) is 11.2 Å². The van der Waals surface area contributed by atoms with Crippen molar-refractivity contribution in [2.75, 3.05) is 18.4 Å². The number of likely N-dealkylation sites (tertiary alicyclic amines) is 1. The van der Waals surface area contributed by atoms with Crippen LogP contribution in [-0.4, -0.2) is 49.9 Å². The fourth-order valence-electron chi connectivity index (χ4n) is 4.37. The summed E-state index contributed by atoms with van der Waals surface area (Å²) >= 11 is 6.02. The maximum Gasteiger partial charge on any atom is 0.295 e. The highest BCUT2D eigenvalue weighted by molar-refractivity contribution is 6.31. The number of fused-ring (bicyclic) bond motifs is 1. The molecule has 1 fully saturated rings. The van der Waals surface area contributed by atoms with Gasteiger partial charge < -0.3 is 14.6 Å². The molecule has 2 aromatic heterocycles. The minimum absolute atomic E-state index is 0.00861. The minimum Gasteiger partial charge on any atom is -0.424 e. The first-order chi connectivity index (χ1) is 16.4. The van der Waals surface area contributed by atoms with Crippen LogP contribution < -0.4 is 5.32 Å². The SMILES string of the molecule is C[C@@H]1CCCN(C(=O)c2ccc(F)c(F)c2-n2nccn2)[C@@H]1CNc1nc2cc(Cl)ccc2o1. The molecule has 1 aliphatic rings. The number of nitrogens with zero attached hydrogens (tertiary/aromatic N) is 5. The highest BCUT2D eigenvalue weighted by atomic mass is 35.5. The molecule has 5 rings (SSSR count). The number of nitrogens with one attached hydrogen (secondary N) is 1. The zero-order valence-electron chi connectivity index (χ0n) is 18.2. The maximum absolute atomic E-state index is 14.7. The Morgan fingerprint density at radius 3 is 2.82 bits per heavy atom. The molecule has 2 atom stereocenters. The molecule has 176 valence electrons. The van der Waals surface area contributed by atoms with E-state index in [1.807, 2.05) is 0 Å². The lowest BCUT2D eigenvalue weighted by Crippen LogP contribution is -2.51. The summed E-state index contributed by atoms with van der Waals surface area (Å²) in [7, 11) is 0. The number of carbonyl (C=O) groups excluding carboxylic acids is 1. The number of carbonyl (C=O) groups is 1. The van der Waals surface area contributed by atoms with Crippen LogP contribution in [0.2, 0.25) is 5.02 Å². The lowest BCUT2D eigenvalue weighted by atomic mass is 9.90. The van der Waals surface area contributed by atoms with Crippen LogP contribution >= 0.6 is 11.6 Å². The molecule has 1 amide bonds. The molecule has 0 radical (unpaired) electrons. The molecule has 1 aliphatic heterocycles. The first kappa shape index (κ1) is 22.3. The summed E-state index contributed by atoms with van der Waals surface area (Å²) in [5.41, 5.74) is 0.897. The second kappa shape index (κ2) is 9.02. The van der Waals surface area contributed by atoms with Crippen molar-refractivity contribution < 1.29 is 18.0 Å². The Hall–Kier alpha value is -3.53. The van der Waals surface area contributed by atoms with E-state index in [0.29, 0.717) is 35.2 Å². The predicted octanol–water partition coefficient (Wildman–Crippen LogP) is 4.69. The number of hydrogen-bond donors (Lipinski definition) is 1. The highest BCUT2D eigenvalue weighted by Crippen LogP contribution is 2.29. The quantitative estimate of drug-likeness (QED) is 0.440. The number of halogens is 3. The molecule has 0 aliphatic carbocycles. The number of amides is 1. The molecule has 11 heteroatoms. The number of anilines is 1. The van der Waals surface area contributed by atoms with Gasteiger partial charge >= 0.3 is 0 Å².